The summed E-state index contributed by atoms with van der Waals surface area (Å²) in [5, 5.41) is 27.2. The van der Waals surface area contributed by atoms with E-state index in [1.165, 1.54) is 4.90 Å². The van der Waals surface area contributed by atoms with Gasteiger partial charge in [-0.05, 0) is 18.7 Å². The van der Waals surface area contributed by atoms with E-state index in [0.29, 0.717) is 6.42 Å². The monoisotopic (exact) mass is 330 g/mol. The summed E-state index contributed by atoms with van der Waals surface area (Å²) in [5.74, 6) is -2.92. The van der Waals surface area contributed by atoms with Crippen LogP contribution in [0, 0.1) is 5.92 Å². The molecule has 10 nitrogen and oxygen atoms in total. The summed E-state index contributed by atoms with van der Waals surface area (Å²) in [4.78, 5) is 35.8. The summed E-state index contributed by atoms with van der Waals surface area (Å²) in [7, 11) is -1.52. The van der Waals surface area contributed by atoms with E-state index in [4.69, 9.17) is 27.2 Å². The molecule has 2 amide bonds. The third kappa shape index (κ3) is 5.46. The number of nitrogens with zero attached hydrogens (tertiary/aromatic N) is 1. The van der Waals surface area contributed by atoms with Crippen LogP contribution in [0.3, 0.4) is 0 Å². The van der Waals surface area contributed by atoms with Crippen LogP contribution in [0.15, 0.2) is 0 Å². The van der Waals surface area contributed by atoms with Gasteiger partial charge in [-0.15, -0.1) is 0 Å². The van der Waals surface area contributed by atoms with Gasteiger partial charge in [0.05, 0.1) is 12.5 Å². The van der Waals surface area contributed by atoms with Crippen LogP contribution in [0.25, 0.3) is 0 Å². The van der Waals surface area contributed by atoms with Gasteiger partial charge in [0.15, 0.2) is 0 Å². The number of carbonyl (C=O) groups is 3. The largest absolute Gasteiger partial charge is 0.480 e. The molecule has 23 heavy (non-hydrogen) atoms. The number of hydrogen-bond acceptors (Lipinski definition) is 7. The molecule has 0 saturated carbocycles. The standard InChI is InChI=1S/C12H23BN4O6/c14-8(3-9(15)18)10(19)17-5-7(1-2-13(22)23)4-12(16,6-17)11(20)21/h7-8,22-23H,1-6,14,16H2,(H2,15,18)(H,20,21)/t7-,8?,12+/m0/s1. The summed E-state index contributed by atoms with van der Waals surface area (Å²) in [6.45, 7) is -0.0456. The van der Waals surface area contributed by atoms with Gasteiger partial charge in [0.2, 0.25) is 11.8 Å². The molecular weight excluding hydrogens is 307 g/mol. The molecule has 0 aromatic carbocycles. The van der Waals surface area contributed by atoms with Crippen molar-refractivity contribution in [1.29, 1.82) is 0 Å². The van der Waals surface area contributed by atoms with Crippen LogP contribution < -0.4 is 17.2 Å². The minimum absolute atomic E-state index is 0.0374. The van der Waals surface area contributed by atoms with Gasteiger partial charge < -0.3 is 37.3 Å². The van der Waals surface area contributed by atoms with Crippen LogP contribution in [0.1, 0.15) is 19.3 Å². The van der Waals surface area contributed by atoms with Crippen LogP contribution in [-0.4, -0.2) is 69.6 Å². The Morgan fingerprint density at radius 3 is 2.43 bits per heavy atom. The zero-order valence-electron chi connectivity index (χ0n) is 12.7. The Hall–Kier alpha value is -1.69. The molecule has 1 heterocycles. The average Bonchev–Trinajstić information content (AvgIpc) is 2.42. The molecule has 0 aromatic heterocycles. The Labute approximate surface area is 133 Å². The molecule has 1 saturated heterocycles. The zero-order valence-corrected chi connectivity index (χ0v) is 12.7. The normalized spacial score (nSPS) is 25.7. The van der Waals surface area contributed by atoms with E-state index in [1.54, 1.807) is 0 Å². The summed E-state index contributed by atoms with van der Waals surface area (Å²) in [6.07, 6.45) is 0.0817. The number of primary amides is 1. The first-order chi connectivity index (χ1) is 10.5. The van der Waals surface area contributed by atoms with Crippen LogP contribution in [0.2, 0.25) is 6.32 Å². The molecule has 0 spiro atoms. The molecule has 0 aliphatic carbocycles. The third-order valence-corrected chi connectivity index (χ3v) is 3.91. The van der Waals surface area contributed by atoms with Crippen molar-refractivity contribution in [3.63, 3.8) is 0 Å². The number of carbonyl (C=O) groups excluding carboxylic acids is 2. The van der Waals surface area contributed by atoms with Gasteiger partial charge in [0.25, 0.3) is 0 Å². The van der Waals surface area contributed by atoms with E-state index in [-0.39, 0.29) is 38.2 Å². The number of carboxylic acids is 1. The Morgan fingerprint density at radius 1 is 1.35 bits per heavy atom. The Balaban J connectivity index is 2.86. The smallest absolute Gasteiger partial charge is 0.451 e. The highest BCUT2D eigenvalue weighted by Gasteiger charge is 2.44. The summed E-state index contributed by atoms with van der Waals surface area (Å²) in [5.41, 5.74) is 14.9. The van der Waals surface area contributed by atoms with Crippen molar-refractivity contribution in [2.24, 2.45) is 23.1 Å². The molecule has 9 N–H and O–H groups in total. The summed E-state index contributed by atoms with van der Waals surface area (Å²) in [6, 6.07) is -1.16. The van der Waals surface area contributed by atoms with Crippen LogP contribution >= 0.6 is 0 Å². The van der Waals surface area contributed by atoms with Gasteiger partial charge >= 0.3 is 13.1 Å². The minimum atomic E-state index is -1.65. The van der Waals surface area contributed by atoms with E-state index in [0.717, 1.165) is 0 Å². The molecule has 1 rings (SSSR count). The van der Waals surface area contributed by atoms with Crippen molar-refractivity contribution in [2.75, 3.05) is 13.1 Å². The van der Waals surface area contributed by atoms with Gasteiger partial charge in [-0.1, -0.05) is 6.42 Å². The van der Waals surface area contributed by atoms with Crippen LogP contribution in [0.4, 0.5) is 0 Å². The second kappa shape index (κ2) is 7.73. The lowest BCUT2D eigenvalue weighted by Gasteiger charge is -2.42. The molecule has 0 radical (unpaired) electrons. The van der Waals surface area contributed by atoms with Crippen molar-refractivity contribution < 1.29 is 29.5 Å². The maximum atomic E-state index is 12.3. The van der Waals surface area contributed by atoms with E-state index in [2.05, 4.69) is 0 Å². The lowest BCUT2D eigenvalue weighted by atomic mass is 9.75. The average molecular weight is 330 g/mol. The van der Waals surface area contributed by atoms with E-state index < -0.39 is 36.5 Å². The number of carboxylic acid groups (broad SMARTS) is 1. The number of rotatable bonds is 7. The fourth-order valence-electron chi connectivity index (χ4n) is 2.80. The van der Waals surface area contributed by atoms with Crippen molar-refractivity contribution in [1.82, 2.24) is 4.90 Å². The zero-order chi connectivity index (χ0) is 17.8. The Morgan fingerprint density at radius 2 is 1.96 bits per heavy atom. The number of hydrogen-bond donors (Lipinski definition) is 6. The fraction of sp³-hybridized carbons (Fsp3) is 0.750. The van der Waals surface area contributed by atoms with Gasteiger partial charge in [-0.3, -0.25) is 14.4 Å². The van der Waals surface area contributed by atoms with E-state index in [1.807, 2.05) is 0 Å². The topological polar surface area (TPSA) is 193 Å². The van der Waals surface area contributed by atoms with E-state index >= 15 is 0 Å². The number of amides is 2. The molecule has 1 fully saturated rings. The second-order valence-electron chi connectivity index (χ2n) is 6.09. The molecule has 3 atom stereocenters. The maximum Gasteiger partial charge on any atom is 0.451 e. The van der Waals surface area contributed by atoms with Gasteiger partial charge in [0, 0.05) is 13.1 Å². The highest BCUT2D eigenvalue weighted by Crippen LogP contribution is 2.28. The molecule has 11 heteroatoms. The van der Waals surface area contributed by atoms with Crippen molar-refractivity contribution >= 4 is 24.9 Å². The molecule has 130 valence electrons. The first-order valence-electron chi connectivity index (χ1n) is 7.26. The number of piperidine rings is 1. The quantitative estimate of drug-likeness (QED) is 0.261. The van der Waals surface area contributed by atoms with Gasteiger partial charge in [-0.2, -0.15) is 0 Å². The van der Waals surface area contributed by atoms with E-state index in [9.17, 15) is 19.5 Å². The SMILES string of the molecule is NC(=O)CC(N)C(=O)N1C[C@@H](CCB(O)O)C[C@](N)(C(=O)O)C1. The predicted octanol–water partition coefficient (Wildman–Crippen LogP) is -3.32. The first-order valence-corrected chi connectivity index (χ1v) is 7.26. The molecule has 1 aliphatic heterocycles. The summed E-state index contributed by atoms with van der Waals surface area (Å²) < 4.78 is 0. The lowest BCUT2D eigenvalue weighted by molar-refractivity contribution is -0.150. The van der Waals surface area contributed by atoms with Crippen LogP contribution in [-0.2, 0) is 14.4 Å². The number of aliphatic carboxylic acids is 1. The predicted molar refractivity (Wildman–Crippen MR) is 80.6 cm³/mol. The van der Waals surface area contributed by atoms with Gasteiger partial charge in [0.1, 0.15) is 5.54 Å². The van der Waals surface area contributed by atoms with Crippen molar-refractivity contribution in [3.05, 3.63) is 0 Å². The second-order valence-corrected chi connectivity index (χ2v) is 6.09. The molecular formula is C12H23BN4O6. The van der Waals surface area contributed by atoms with Crippen molar-refractivity contribution in [2.45, 2.75) is 37.2 Å². The first kappa shape index (κ1) is 19.4. The third-order valence-electron chi connectivity index (χ3n) is 3.91. The van der Waals surface area contributed by atoms with Crippen LogP contribution in [0.5, 0.6) is 0 Å². The number of nitrogens with two attached hydrogens (primary N) is 3. The highest BCUT2D eigenvalue weighted by molar-refractivity contribution is 6.40. The minimum Gasteiger partial charge on any atom is -0.480 e. The summed E-state index contributed by atoms with van der Waals surface area (Å²) >= 11 is 0. The maximum absolute atomic E-state index is 12.3. The number of likely N-dealkylation sites (tertiary alicyclic amines) is 1. The Kier molecular flexibility index (Phi) is 6.51. The molecule has 0 bridgehead atoms. The molecule has 1 unspecified atom stereocenters. The van der Waals surface area contributed by atoms with Gasteiger partial charge in [-0.25, -0.2) is 0 Å². The molecule has 0 aromatic rings. The van der Waals surface area contributed by atoms with Crippen molar-refractivity contribution in [3.8, 4) is 0 Å². The molecule has 1 aliphatic rings. The fourth-order valence-corrected chi connectivity index (χ4v) is 2.80. The lowest BCUT2D eigenvalue weighted by Crippen LogP contribution is -2.64. The highest BCUT2D eigenvalue weighted by atomic mass is 16.4. The Bertz CT molecular complexity index is 476.